The minimum atomic E-state index is 0.163. The van der Waals surface area contributed by atoms with Gasteiger partial charge in [-0.2, -0.15) is 0 Å². The Balaban J connectivity index is 1.11. The van der Waals surface area contributed by atoms with Crippen LogP contribution in [-0.2, 0) is 6.42 Å². The number of rotatable bonds is 5. The van der Waals surface area contributed by atoms with Crippen LogP contribution in [0.2, 0.25) is 0 Å². The lowest BCUT2D eigenvalue weighted by Crippen LogP contribution is -2.43. The zero-order chi connectivity index (χ0) is 21.0. The Morgan fingerprint density at radius 3 is 2.26 bits per heavy atom. The summed E-state index contributed by atoms with van der Waals surface area (Å²) in [6, 6.07) is 18.4. The van der Waals surface area contributed by atoms with E-state index in [1.165, 1.54) is 49.7 Å². The highest BCUT2D eigenvalue weighted by Crippen LogP contribution is 2.37. The molecule has 0 aromatic heterocycles. The molecule has 2 aromatic rings. The van der Waals surface area contributed by atoms with Gasteiger partial charge in [0.2, 0.25) is 0 Å². The summed E-state index contributed by atoms with van der Waals surface area (Å²) in [5.74, 6) is 2.95. The van der Waals surface area contributed by atoms with Crippen LogP contribution in [0, 0.1) is 5.92 Å². The lowest BCUT2D eigenvalue weighted by Gasteiger charge is -2.35. The number of aryl methyl sites for hydroxylation is 1. The Labute approximate surface area is 187 Å². The van der Waals surface area contributed by atoms with Crippen LogP contribution in [0.25, 0.3) is 0 Å². The van der Waals surface area contributed by atoms with E-state index in [9.17, 15) is 0 Å². The number of nitrogens with one attached hydrogen (secondary N) is 1. The molecule has 1 aliphatic heterocycles. The van der Waals surface area contributed by atoms with Crippen molar-refractivity contribution in [3.8, 4) is 11.5 Å². The Hall–Kier alpha value is -2.00. The van der Waals surface area contributed by atoms with E-state index in [4.69, 9.17) is 9.47 Å². The lowest BCUT2D eigenvalue weighted by molar-refractivity contribution is 0.131. The van der Waals surface area contributed by atoms with E-state index in [2.05, 4.69) is 60.8 Å². The summed E-state index contributed by atoms with van der Waals surface area (Å²) in [4.78, 5) is 0. The molecule has 0 amide bonds. The highest BCUT2D eigenvalue weighted by atomic mass is 16.5. The molecule has 31 heavy (non-hydrogen) atoms. The Morgan fingerprint density at radius 2 is 1.52 bits per heavy atom. The van der Waals surface area contributed by atoms with Crippen molar-refractivity contribution in [2.45, 2.75) is 95.4 Å². The normalized spacial score (nSPS) is 30.8. The molecule has 3 heteroatoms. The summed E-state index contributed by atoms with van der Waals surface area (Å²) in [5, 5.41) is 3.95. The molecule has 1 heterocycles. The van der Waals surface area contributed by atoms with Gasteiger partial charge in [-0.25, -0.2) is 0 Å². The van der Waals surface area contributed by atoms with Gasteiger partial charge < -0.3 is 14.8 Å². The van der Waals surface area contributed by atoms with Crippen LogP contribution < -0.4 is 14.8 Å². The van der Waals surface area contributed by atoms with Gasteiger partial charge in [0.25, 0.3) is 0 Å². The quantitative estimate of drug-likeness (QED) is 0.591. The molecule has 1 atom stereocenters. The fraction of sp³-hybridized carbons (Fsp3) is 0.571. The predicted molar refractivity (Wildman–Crippen MR) is 126 cm³/mol. The third-order valence-electron chi connectivity index (χ3n) is 7.61. The summed E-state index contributed by atoms with van der Waals surface area (Å²) < 4.78 is 12.7. The Bertz CT molecular complexity index is 835. The second-order valence-corrected chi connectivity index (χ2v) is 10.0. The van der Waals surface area contributed by atoms with Crippen LogP contribution in [0.5, 0.6) is 11.5 Å². The van der Waals surface area contributed by atoms with Crippen molar-refractivity contribution >= 4 is 0 Å². The van der Waals surface area contributed by atoms with Gasteiger partial charge in [-0.15, -0.1) is 0 Å². The molecule has 2 saturated carbocycles. The van der Waals surface area contributed by atoms with E-state index in [1.807, 2.05) is 0 Å². The van der Waals surface area contributed by atoms with Crippen LogP contribution >= 0.6 is 0 Å². The maximum Gasteiger partial charge on any atom is 0.124 e. The van der Waals surface area contributed by atoms with Crippen molar-refractivity contribution in [2.75, 3.05) is 0 Å². The number of hydrogen-bond donors (Lipinski definition) is 1. The molecule has 3 aliphatic rings. The highest BCUT2D eigenvalue weighted by Gasteiger charge is 2.27. The fourth-order valence-corrected chi connectivity index (χ4v) is 5.64. The van der Waals surface area contributed by atoms with Gasteiger partial charge >= 0.3 is 0 Å². The first kappa shape index (κ1) is 20.9. The van der Waals surface area contributed by atoms with Crippen LogP contribution in [0.15, 0.2) is 48.5 Å². The number of hydrogen-bond acceptors (Lipinski definition) is 3. The van der Waals surface area contributed by atoms with Gasteiger partial charge in [0.05, 0.1) is 6.10 Å². The van der Waals surface area contributed by atoms with Gasteiger partial charge in [-0.1, -0.05) is 37.3 Å². The third kappa shape index (κ3) is 5.26. The molecule has 2 aromatic carbocycles. The molecule has 3 nitrogen and oxygen atoms in total. The van der Waals surface area contributed by atoms with Crippen molar-refractivity contribution in [1.29, 1.82) is 0 Å². The first-order chi connectivity index (χ1) is 15.2. The van der Waals surface area contributed by atoms with Crippen LogP contribution in [0.3, 0.4) is 0 Å². The van der Waals surface area contributed by atoms with Gasteiger partial charge in [-0.3, -0.25) is 0 Å². The van der Waals surface area contributed by atoms with Gasteiger partial charge in [0.15, 0.2) is 0 Å². The molecule has 0 bridgehead atoms. The third-order valence-corrected chi connectivity index (χ3v) is 7.61. The summed E-state index contributed by atoms with van der Waals surface area (Å²) in [7, 11) is 0. The molecule has 2 aliphatic carbocycles. The van der Waals surface area contributed by atoms with E-state index >= 15 is 0 Å². The van der Waals surface area contributed by atoms with E-state index in [0.29, 0.717) is 12.1 Å². The topological polar surface area (TPSA) is 30.5 Å². The van der Waals surface area contributed by atoms with Crippen LogP contribution in [0.4, 0.5) is 0 Å². The Morgan fingerprint density at radius 1 is 0.806 bits per heavy atom. The van der Waals surface area contributed by atoms with Crippen molar-refractivity contribution in [3.63, 3.8) is 0 Å². The smallest absolute Gasteiger partial charge is 0.124 e. The van der Waals surface area contributed by atoms with E-state index in [-0.39, 0.29) is 6.10 Å². The van der Waals surface area contributed by atoms with Crippen molar-refractivity contribution < 1.29 is 9.47 Å². The molecular weight excluding hydrogens is 382 g/mol. The first-order valence-corrected chi connectivity index (χ1v) is 12.5. The monoisotopic (exact) mass is 419 g/mol. The van der Waals surface area contributed by atoms with Gasteiger partial charge in [-0.05, 0) is 99.5 Å². The zero-order valence-electron chi connectivity index (χ0n) is 18.9. The molecule has 0 radical (unpaired) electrons. The number of ether oxygens (including phenoxy) is 2. The van der Waals surface area contributed by atoms with E-state index in [0.717, 1.165) is 49.1 Å². The van der Waals surface area contributed by atoms with Crippen molar-refractivity contribution in [1.82, 2.24) is 5.32 Å². The molecule has 1 N–H and O–H groups in total. The molecule has 0 spiro atoms. The summed E-state index contributed by atoms with van der Waals surface area (Å²) in [6.45, 7) is 2.40. The minimum absolute atomic E-state index is 0.163. The summed E-state index contributed by atoms with van der Waals surface area (Å²) in [5.41, 5.74) is 2.55. The first-order valence-electron chi connectivity index (χ1n) is 12.5. The summed E-state index contributed by atoms with van der Waals surface area (Å²) >= 11 is 0. The molecule has 166 valence electrons. The largest absolute Gasteiger partial charge is 0.490 e. The molecule has 0 saturated heterocycles. The van der Waals surface area contributed by atoms with Crippen molar-refractivity contribution in [2.24, 2.45) is 5.92 Å². The van der Waals surface area contributed by atoms with Gasteiger partial charge in [0.1, 0.15) is 17.6 Å². The molecule has 5 rings (SSSR count). The predicted octanol–water partition coefficient (Wildman–Crippen LogP) is 6.61. The van der Waals surface area contributed by atoms with Gasteiger partial charge in [0, 0.05) is 12.1 Å². The SMILES string of the molecule is CC1CCC(N[C@H]2CC[C@H](Oc3ccc4c(c3)CCC(c3ccccc3)O4)CC2)CC1. The second-order valence-electron chi connectivity index (χ2n) is 10.0. The molecular formula is C28H37NO2. The Kier molecular flexibility index (Phi) is 6.50. The molecule has 1 unspecified atom stereocenters. The van der Waals surface area contributed by atoms with Crippen molar-refractivity contribution in [3.05, 3.63) is 59.7 Å². The molecule has 2 fully saturated rings. The maximum atomic E-state index is 6.40. The van der Waals surface area contributed by atoms with Crippen LogP contribution in [0.1, 0.15) is 81.9 Å². The van der Waals surface area contributed by atoms with E-state index < -0.39 is 0 Å². The average molecular weight is 420 g/mol. The standard InChI is InChI=1S/C28H37NO2/c1-20-7-10-23(11-8-20)29-24-12-14-25(15-13-24)30-26-16-18-28-22(19-26)9-17-27(31-28)21-5-3-2-4-6-21/h2-6,16,18-20,23-25,27,29H,7-15,17H2,1H3/t20?,23?,24-,25-,27?. The zero-order valence-corrected chi connectivity index (χ0v) is 18.9. The second kappa shape index (κ2) is 9.65. The highest BCUT2D eigenvalue weighted by molar-refractivity contribution is 5.42. The summed E-state index contributed by atoms with van der Waals surface area (Å²) in [6.07, 6.45) is 12.9. The fourth-order valence-electron chi connectivity index (χ4n) is 5.64. The minimum Gasteiger partial charge on any atom is -0.490 e. The lowest BCUT2D eigenvalue weighted by atomic mass is 9.85. The van der Waals surface area contributed by atoms with E-state index in [1.54, 1.807) is 0 Å². The van der Waals surface area contributed by atoms with Crippen LogP contribution in [-0.4, -0.2) is 18.2 Å². The number of fused-ring (bicyclic) bond motifs is 1. The number of benzene rings is 2. The average Bonchev–Trinajstić information content (AvgIpc) is 2.82. The maximum absolute atomic E-state index is 6.40.